The van der Waals surface area contributed by atoms with Crippen molar-refractivity contribution in [3.8, 4) is 0 Å². The molecule has 3 rings (SSSR count). The highest BCUT2D eigenvalue weighted by Crippen LogP contribution is 2.34. The molecule has 0 aromatic heterocycles. The van der Waals surface area contributed by atoms with E-state index in [-0.39, 0.29) is 30.1 Å². The van der Waals surface area contributed by atoms with Crippen LogP contribution in [0.15, 0.2) is 18.2 Å². The number of rotatable bonds is 8. The topological polar surface area (TPSA) is 98.7 Å². The average molecular weight is 377 g/mol. The van der Waals surface area contributed by atoms with E-state index in [1.807, 2.05) is 4.90 Å². The summed E-state index contributed by atoms with van der Waals surface area (Å²) < 4.78 is 14.0. The van der Waals surface area contributed by atoms with Crippen molar-refractivity contribution in [2.24, 2.45) is 5.92 Å². The van der Waals surface area contributed by atoms with Crippen molar-refractivity contribution in [3.63, 3.8) is 0 Å². The van der Waals surface area contributed by atoms with Gasteiger partial charge >= 0.3 is 5.97 Å². The number of anilines is 1. The summed E-state index contributed by atoms with van der Waals surface area (Å²) in [6, 6.07) is 3.87. The van der Waals surface area contributed by atoms with E-state index in [1.54, 1.807) is 0 Å². The number of carboxylic acids is 1. The van der Waals surface area contributed by atoms with E-state index in [9.17, 15) is 18.8 Å². The van der Waals surface area contributed by atoms with Crippen LogP contribution in [0.2, 0.25) is 0 Å². The highest BCUT2D eigenvalue weighted by Gasteiger charge is 2.38. The first-order valence-corrected chi connectivity index (χ1v) is 9.15. The van der Waals surface area contributed by atoms with E-state index in [0.29, 0.717) is 24.4 Å². The van der Waals surface area contributed by atoms with E-state index in [1.165, 1.54) is 19.1 Å². The maximum absolute atomic E-state index is 14.0. The number of aliphatic carboxylic acids is 1. The third kappa shape index (κ3) is 5.26. The number of carbonyl (C=O) groups is 3. The Morgan fingerprint density at radius 3 is 2.56 bits per heavy atom. The van der Waals surface area contributed by atoms with Crippen molar-refractivity contribution < 1.29 is 23.9 Å². The first-order valence-electron chi connectivity index (χ1n) is 9.15. The molecule has 2 amide bonds. The van der Waals surface area contributed by atoms with Crippen molar-refractivity contribution in [1.82, 2.24) is 10.2 Å². The number of nitrogens with one attached hydrogen (secondary N) is 2. The van der Waals surface area contributed by atoms with Gasteiger partial charge in [-0.05, 0) is 49.8 Å². The Bertz CT molecular complexity index is 744. The molecule has 8 heteroatoms. The summed E-state index contributed by atoms with van der Waals surface area (Å²) in [6.07, 6.45) is 3.59. The van der Waals surface area contributed by atoms with Gasteiger partial charge in [0.15, 0.2) is 0 Å². The fourth-order valence-corrected chi connectivity index (χ4v) is 3.40. The number of amides is 2. The molecule has 1 aromatic carbocycles. The number of carbonyl (C=O) groups excluding carboxylic acids is 2. The number of halogens is 1. The molecule has 7 nitrogen and oxygen atoms in total. The van der Waals surface area contributed by atoms with Crippen LogP contribution in [0.1, 0.15) is 43.0 Å². The summed E-state index contributed by atoms with van der Waals surface area (Å²) in [5, 5.41) is 14.4. The minimum absolute atomic E-state index is 0.00915. The Morgan fingerprint density at radius 2 is 1.96 bits per heavy atom. The molecule has 0 unspecified atom stereocenters. The Morgan fingerprint density at radius 1 is 1.26 bits per heavy atom. The smallest absolute Gasteiger partial charge is 0.317 e. The molecular weight excluding hydrogens is 353 g/mol. The maximum atomic E-state index is 14.0. The fourth-order valence-electron chi connectivity index (χ4n) is 3.40. The van der Waals surface area contributed by atoms with Gasteiger partial charge in [0.1, 0.15) is 5.82 Å². The van der Waals surface area contributed by atoms with E-state index < -0.39 is 17.7 Å². The van der Waals surface area contributed by atoms with Crippen LogP contribution in [0, 0.1) is 11.7 Å². The molecule has 146 valence electrons. The minimum Gasteiger partial charge on any atom is -0.480 e. The van der Waals surface area contributed by atoms with Crippen molar-refractivity contribution >= 4 is 23.5 Å². The van der Waals surface area contributed by atoms with Gasteiger partial charge in [0, 0.05) is 31.2 Å². The quantitative estimate of drug-likeness (QED) is 0.642. The molecule has 1 aromatic rings. The van der Waals surface area contributed by atoms with E-state index in [2.05, 4.69) is 10.6 Å². The molecule has 0 bridgehead atoms. The van der Waals surface area contributed by atoms with Gasteiger partial charge in [-0.15, -0.1) is 0 Å². The van der Waals surface area contributed by atoms with Gasteiger partial charge < -0.3 is 15.7 Å². The molecule has 0 aliphatic heterocycles. The largest absolute Gasteiger partial charge is 0.480 e. The van der Waals surface area contributed by atoms with Gasteiger partial charge in [-0.25, -0.2) is 4.39 Å². The maximum Gasteiger partial charge on any atom is 0.317 e. The van der Waals surface area contributed by atoms with Crippen LogP contribution in [0.5, 0.6) is 0 Å². The lowest BCUT2D eigenvalue weighted by atomic mass is 9.85. The molecule has 0 saturated heterocycles. The molecule has 2 aliphatic rings. The van der Waals surface area contributed by atoms with Gasteiger partial charge in [-0.1, -0.05) is 0 Å². The van der Waals surface area contributed by atoms with Crippen LogP contribution in [0.4, 0.5) is 10.1 Å². The summed E-state index contributed by atoms with van der Waals surface area (Å²) in [6.45, 7) is 2.13. The Labute approximate surface area is 156 Å². The van der Waals surface area contributed by atoms with Gasteiger partial charge in [-0.2, -0.15) is 0 Å². The highest BCUT2D eigenvalue weighted by molar-refractivity contribution is 5.97. The lowest BCUT2D eigenvalue weighted by Gasteiger charge is -2.42. The van der Waals surface area contributed by atoms with Gasteiger partial charge in [0.05, 0.1) is 12.1 Å². The first-order chi connectivity index (χ1) is 12.8. The van der Waals surface area contributed by atoms with Gasteiger partial charge in [0.25, 0.3) is 5.91 Å². The fraction of sp³-hybridized carbons (Fsp3) is 0.526. The Balaban J connectivity index is 1.55. The number of nitrogens with zero attached hydrogens (tertiary/aromatic N) is 1. The van der Waals surface area contributed by atoms with Crippen molar-refractivity contribution in [2.45, 2.75) is 44.7 Å². The molecule has 0 heterocycles. The standard InChI is InChI=1S/C19H24FN3O4/c1-11(24)21-13-4-5-17(20)16(8-13)19(27)22-14-6-15(7-14)23(10-18(25)26)9-12-2-3-12/h4-5,8,12,14-15H,2-3,6-7,9-10H2,1H3,(H,21,24)(H,22,27)(H,25,26). The average Bonchev–Trinajstić information content (AvgIpc) is 3.34. The lowest BCUT2D eigenvalue weighted by Crippen LogP contribution is -2.55. The summed E-state index contributed by atoms with van der Waals surface area (Å²) in [4.78, 5) is 36.5. The van der Waals surface area contributed by atoms with Crippen LogP contribution in [-0.4, -0.2) is 53.0 Å². The number of carboxylic acid groups (broad SMARTS) is 1. The van der Waals surface area contributed by atoms with Crippen LogP contribution >= 0.6 is 0 Å². The minimum atomic E-state index is -0.847. The molecule has 0 atom stereocenters. The van der Waals surface area contributed by atoms with Crippen molar-refractivity contribution in [2.75, 3.05) is 18.4 Å². The second-order valence-electron chi connectivity index (χ2n) is 7.44. The first kappa shape index (κ1) is 19.3. The molecule has 2 aliphatic carbocycles. The monoisotopic (exact) mass is 377 g/mol. The number of hydrogen-bond acceptors (Lipinski definition) is 4. The molecule has 3 N–H and O–H groups in total. The molecule has 2 saturated carbocycles. The highest BCUT2D eigenvalue weighted by atomic mass is 19.1. The molecular formula is C19H24FN3O4. The number of hydrogen-bond donors (Lipinski definition) is 3. The Kier molecular flexibility index (Phi) is 5.74. The third-order valence-electron chi connectivity index (χ3n) is 5.02. The van der Waals surface area contributed by atoms with Crippen LogP contribution in [0.3, 0.4) is 0 Å². The Hall–Kier alpha value is -2.48. The van der Waals surface area contributed by atoms with Gasteiger partial charge in [-0.3, -0.25) is 19.3 Å². The molecule has 0 spiro atoms. The summed E-state index contributed by atoms with van der Waals surface area (Å²) in [7, 11) is 0. The summed E-state index contributed by atoms with van der Waals surface area (Å²) >= 11 is 0. The zero-order chi connectivity index (χ0) is 19.6. The van der Waals surface area contributed by atoms with Crippen molar-refractivity contribution in [1.29, 1.82) is 0 Å². The second-order valence-corrected chi connectivity index (χ2v) is 7.44. The van der Waals surface area contributed by atoms with Crippen molar-refractivity contribution in [3.05, 3.63) is 29.6 Å². The van der Waals surface area contributed by atoms with E-state index >= 15 is 0 Å². The third-order valence-corrected chi connectivity index (χ3v) is 5.02. The van der Waals surface area contributed by atoms with E-state index in [0.717, 1.165) is 25.5 Å². The predicted molar refractivity (Wildman–Crippen MR) is 96.9 cm³/mol. The normalized spacial score (nSPS) is 21.4. The van der Waals surface area contributed by atoms with Gasteiger partial charge in [0.2, 0.25) is 5.91 Å². The van der Waals surface area contributed by atoms with E-state index in [4.69, 9.17) is 5.11 Å². The zero-order valence-electron chi connectivity index (χ0n) is 15.2. The number of benzene rings is 1. The second kappa shape index (κ2) is 8.04. The van der Waals surface area contributed by atoms with Crippen LogP contribution in [-0.2, 0) is 9.59 Å². The lowest BCUT2D eigenvalue weighted by molar-refractivity contribution is -0.139. The van der Waals surface area contributed by atoms with Crippen LogP contribution < -0.4 is 10.6 Å². The van der Waals surface area contributed by atoms with Crippen LogP contribution in [0.25, 0.3) is 0 Å². The summed E-state index contributed by atoms with van der Waals surface area (Å²) in [5.74, 6) is -1.75. The summed E-state index contributed by atoms with van der Waals surface area (Å²) in [5.41, 5.74) is 0.239. The SMILES string of the molecule is CC(=O)Nc1ccc(F)c(C(=O)NC2CC(N(CC(=O)O)CC3CC3)C2)c1. The molecule has 27 heavy (non-hydrogen) atoms. The zero-order valence-corrected chi connectivity index (χ0v) is 15.2. The molecule has 2 fully saturated rings. The predicted octanol–water partition coefficient (Wildman–Crippen LogP) is 1.84. The molecule has 0 radical (unpaired) electrons.